The predicted molar refractivity (Wildman–Crippen MR) is 130 cm³/mol. The Morgan fingerprint density at radius 1 is 1.24 bits per heavy atom. The summed E-state index contributed by atoms with van der Waals surface area (Å²) in [4.78, 5) is 12.5. The number of fused-ring (bicyclic) bond motifs is 3. The summed E-state index contributed by atoms with van der Waals surface area (Å²) in [6.45, 7) is 7.05. The standard InChI is InChI=1S/C28H45NO5/c1-16(2)12-17-4-5-18-19-6-8-23-21-14-33-15-28(23,13-24(32-3)26(21)34-11-10-29)22(19)9-7-20(18)25(17)27(30)31/h9,16-21,23-26H,4-8,10-15,29H2,1-3H3,(H,30,31)/t17?,18?,19?,20?,21?,23?,24-,25?,26-,28-/m1/s1. The predicted octanol–water partition coefficient (Wildman–Crippen LogP) is 4.13. The molecule has 5 aliphatic rings. The van der Waals surface area contributed by atoms with Gasteiger partial charge in [0.15, 0.2) is 0 Å². The molecule has 0 spiro atoms. The van der Waals surface area contributed by atoms with E-state index >= 15 is 0 Å². The first-order valence-electron chi connectivity index (χ1n) is 13.8. The van der Waals surface area contributed by atoms with Crippen LogP contribution in [0.25, 0.3) is 0 Å². The number of hydrogen-bond acceptors (Lipinski definition) is 5. The fraction of sp³-hybridized carbons (Fsp3) is 0.893. The lowest BCUT2D eigenvalue weighted by molar-refractivity contribution is -0.220. The summed E-state index contributed by atoms with van der Waals surface area (Å²) in [5.41, 5.74) is 7.37. The van der Waals surface area contributed by atoms with Crippen LogP contribution in [0, 0.1) is 52.8 Å². The lowest BCUT2D eigenvalue weighted by atomic mass is 9.45. The van der Waals surface area contributed by atoms with Crippen LogP contribution in [0.15, 0.2) is 11.6 Å². The van der Waals surface area contributed by atoms with Crippen molar-refractivity contribution in [2.75, 3.05) is 33.5 Å². The minimum Gasteiger partial charge on any atom is -0.481 e. The average Bonchev–Trinajstić information content (AvgIpc) is 2.81. The van der Waals surface area contributed by atoms with E-state index in [4.69, 9.17) is 19.9 Å². The van der Waals surface area contributed by atoms with Crippen molar-refractivity contribution in [1.29, 1.82) is 0 Å². The highest BCUT2D eigenvalue weighted by molar-refractivity contribution is 5.71. The molecule has 2 bridgehead atoms. The Bertz CT molecular complexity index is 783. The monoisotopic (exact) mass is 475 g/mol. The molecular weight excluding hydrogens is 430 g/mol. The van der Waals surface area contributed by atoms with Gasteiger partial charge in [-0.1, -0.05) is 25.5 Å². The maximum Gasteiger partial charge on any atom is 0.307 e. The highest BCUT2D eigenvalue weighted by Crippen LogP contribution is 2.64. The molecule has 4 fully saturated rings. The van der Waals surface area contributed by atoms with Gasteiger partial charge >= 0.3 is 5.97 Å². The van der Waals surface area contributed by atoms with Crippen molar-refractivity contribution < 1.29 is 24.1 Å². The number of aliphatic carboxylic acids is 1. The molecule has 3 saturated carbocycles. The number of carbonyl (C=O) groups is 1. The van der Waals surface area contributed by atoms with Crippen LogP contribution in [0.3, 0.4) is 0 Å². The van der Waals surface area contributed by atoms with Crippen LogP contribution in [0.1, 0.15) is 58.8 Å². The number of carboxylic acid groups (broad SMARTS) is 1. The Hall–Kier alpha value is -0.950. The van der Waals surface area contributed by atoms with Gasteiger partial charge in [0.2, 0.25) is 0 Å². The minimum atomic E-state index is -0.567. The van der Waals surface area contributed by atoms with Crippen molar-refractivity contribution in [3.8, 4) is 0 Å². The van der Waals surface area contributed by atoms with Crippen molar-refractivity contribution in [1.82, 2.24) is 0 Å². The Morgan fingerprint density at radius 3 is 2.76 bits per heavy atom. The van der Waals surface area contributed by atoms with Crippen LogP contribution in [0.4, 0.5) is 0 Å². The number of hydrogen-bond donors (Lipinski definition) is 2. The zero-order valence-electron chi connectivity index (χ0n) is 21.3. The van der Waals surface area contributed by atoms with Crippen LogP contribution < -0.4 is 5.73 Å². The summed E-state index contributed by atoms with van der Waals surface area (Å²) < 4.78 is 18.6. The van der Waals surface area contributed by atoms with Crippen LogP contribution >= 0.6 is 0 Å². The smallest absolute Gasteiger partial charge is 0.307 e. The van der Waals surface area contributed by atoms with E-state index in [9.17, 15) is 9.90 Å². The molecule has 6 nitrogen and oxygen atoms in total. The zero-order valence-corrected chi connectivity index (χ0v) is 21.3. The summed E-state index contributed by atoms with van der Waals surface area (Å²) >= 11 is 0. The fourth-order valence-corrected chi connectivity index (χ4v) is 9.29. The van der Waals surface area contributed by atoms with Gasteiger partial charge in [0.25, 0.3) is 0 Å². The Kier molecular flexibility index (Phi) is 7.15. The van der Waals surface area contributed by atoms with Crippen LogP contribution in [0.5, 0.6) is 0 Å². The maximum absolute atomic E-state index is 12.5. The molecule has 34 heavy (non-hydrogen) atoms. The van der Waals surface area contributed by atoms with Gasteiger partial charge in [0.05, 0.1) is 37.9 Å². The SMILES string of the molecule is CO[C@@H]1C[C@]23COCC(C2CCC2C3=CCC3C2CCC(CC(C)C)C3C(=O)O)[C@H]1OCCN. The van der Waals surface area contributed by atoms with Crippen LogP contribution in [-0.4, -0.2) is 56.8 Å². The molecule has 0 aromatic rings. The molecule has 0 aromatic heterocycles. The second-order valence-corrected chi connectivity index (χ2v) is 12.3. The normalized spacial score (nSPS) is 45.7. The van der Waals surface area contributed by atoms with Gasteiger partial charge in [-0.3, -0.25) is 4.79 Å². The van der Waals surface area contributed by atoms with Gasteiger partial charge in [-0.05, 0) is 80.5 Å². The number of ether oxygens (including phenoxy) is 3. The first-order chi connectivity index (χ1) is 16.4. The molecule has 1 aliphatic heterocycles. The molecule has 1 heterocycles. The molecule has 3 N–H and O–H groups in total. The van der Waals surface area contributed by atoms with Crippen molar-refractivity contribution in [2.45, 2.75) is 71.0 Å². The molecule has 10 atom stereocenters. The van der Waals surface area contributed by atoms with E-state index in [-0.39, 0.29) is 29.5 Å². The molecule has 0 amide bonds. The zero-order chi connectivity index (χ0) is 24.0. The van der Waals surface area contributed by atoms with Gasteiger partial charge in [-0.15, -0.1) is 0 Å². The van der Waals surface area contributed by atoms with Gasteiger partial charge in [-0.2, -0.15) is 0 Å². The number of methoxy groups -OCH3 is 1. The van der Waals surface area contributed by atoms with Gasteiger partial charge in [0.1, 0.15) is 0 Å². The van der Waals surface area contributed by atoms with Gasteiger partial charge in [-0.25, -0.2) is 0 Å². The molecular formula is C28H45NO5. The quantitative estimate of drug-likeness (QED) is 0.538. The second kappa shape index (κ2) is 9.84. The molecule has 4 aliphatic carbocycles. The summed E-state index contributed by atoms with van der Waals surface area (Å²) in [6.07, 6.45) is 10.1. The molecule has 7 unspecified atom stereocenters. The van der Waals surface area contributed by atoms with Crippen LogP contribution in [0.2, 0.25) is 0 Å². The molecule has 192 valence electrons. The highest BCUT2D eigenvalue weighted by atomic mass is 16.5. The number of rotatable bonds is 7. The van der Waals surface area contributed by atoms with Gasteiger partial charge < -0.3 is 25.1 Å². The van der Waals surface area contributed by atoms with Crippen molar-refractivity contribution in [3.05, 3.63) is 11.6 Å². The van der Waals surface area contributed by atoms with Crippen molar-refractivity contribution >= 4 is 5.97 Å². The van der Waals surface area contributed by atoms with E-state index in [1.807, 2.05) is 7.11 Å². The van der Waals surface area contributed by atoms with Crippen molar-refractivity contribution in [3.63, 3.8) is 0 Å². The number of nitrogens with two attached hydrogens (primary N) is 1. The summed E-state index contributed by atoms with van der Waals surface area (Å²) in [5, 5.41) is 10.3. The molecule has 6 heteroatoms. The maximum atomic E-state index is 12.5. The third kappa shape index (κ3) is 3.97. The Labute approximate surface area is 205 Å². The van der Waals surface area contributed by atoms with E-state index < -0.39 is 5.97 Å². The fourth-order valence-electron chi connectivity index (χ4n) is 9.29. The molecule has 5 rings (SSSR count). The lowest BCUT2D eigenvalue weighted by Gasteiger charge is -2.63. The van der Waals surface area contributed by atoms with E-state index in [1.54, 1.807) is 5.57 Å². The molecule has 1 saturated heterocycles. The lowest BCUT2D eigenvalue weighted by Crippen LogP contribution is -2.63. The number of carboxylic acids is 1. The van der Waals surface area contributed by atoms with E-state index in [1.165, 1.54) is 19.3 Å². The Morgan fingerprint density at radius 2 is 2.06 bits per heavy atom. The first kappa shape index (κ1) is 24.7. The summed E-state index contributed by atoms with van der Waals surface area (Å²) in [6, 6.07) is 0. The second-order valence-electron chi connectivity index (χ2n) is 12.3. The first-order valence-corrected chi connectivity index (χ1v) is 13.8. The summed E-state index contributed by atoms with van der Waals surface area (Å²) in [7, 11) is 1.82. The molecule has 0 aromatic carbocycles. The third-order valence-corrected chi connectivity index (χ3v) is 10.3. The van der Waals surface area contributed by atoms with E-state index in [0.717, 1.165) is 38.9 Å². The van der Waals surface area contributed by atoms with Gasteiger partial charge in [0, 0.05) is 25.0 Å². The van der Waals surface area contributed by atoms with E-state index in [0.29, 0.717) is 48.7 Å². The Balaban J connectivity index is 1.45. The van der Waals surface area contributed by atoms with Crippen LogP contribution in [-0.2, 0) is 19.0 Å². The van der Waals surface area contributed by atoms with Crippen molar-refractivity contribution in [2.24, 2.45) is 58.5 Å². The highest BCUT2D eigenvalue weighted by Gasteiger charge is 2.62. The summed E-state index contributed by atoms with van der Waals surface area (Å²) in [5.74, 6) is 2.27. The average molecular weight is 476 g/mol. The topological polar surface area (TPSA) is 91.0 Å². The number of allylic oxidation sites excluding steroid dienone is 1. The van der Waals surface area contributed by atoms with E-state index in [2.05, 4.69) is 19.9 Å². The third-order valence-electron chi connectivity index (χ3n) is 10.3. The minimum absolute atomic E-state index is 0.0214. The molecule has 0 radical (unpaired) electrons. The largest absolute Gasteiger partial charge is 0.481 e.